The topological polar surface area (TPSA) is 49.8 Å². The van der Waals surface area contributed by atoms with Crippen molar-refractivity contribution in [3.05, 3.63) is 17.8 Å². The van der Waals surface area contributed by atoms with E-state index >= 15 is 0 Å². The second-order valence-corrected chi connectivity index (χ2v) is 2.31. The molecule has 3 heteroatoms. The van der Waals surface area contributed by atoms with Crippen LogP contribution in [-0.2, 0) is 12.8 Å². The molecule has 0 aliphatic rings. The van der Waals surface area contributed by atoms with Gasteiger partial charge in [-0.3, -0.25) is 0 Å². The fourth-order valence-electron chi connectivity index (χ4n) is 0.859. The van der Waals surface area contributed by atoms with Gasteiger partial charge in [0.25, 0.3) is 0 Å². The van der Waals surface area contributed by atoms with Crippen molar-refractivity contribution in [2.45, 2.75) is 26.2 Å². The third-order valence-electron chi connectivity index (χ3n) is 1.33. The first kappa shape index (κ1) is 7.80. The lowest BCUT2D eigenvalue weighted by atomic mass is 10.3. The van der Waals surface area contributed by atoms with Crippen molar-refractivity contribution in [2.24, 2.45) is 0 Å². The molecule has 0 saturated carbocycles. The number of nitrogens with zero attached hydrogens (tertiary/aromatic N) is 2. The fourth-order valence-corrected chi connectivity index (χ4v) is 0.859. The van der Waals surface area contributed by atoms with Crippen LogP contribution < -0.4 is 0 Å². The number of hydrogen-bond acceptors (Lipinski definition) is 3. The van der Waals surface area contributed by atoms with Crippen molar-refractivity contribution in [1.29, 1.82) is 5.26 Å². The highest BCUT2D eigenvalue weighted by Gasteiger charge is 2.00. The molecule has 0 saturated heterocycles. The van der Waals surface area contributed by atoms with E-state index in [0.717, 1.165) is 18.6 Å². The first-order valence-electron chi connectivity index (χ1n) is 3.67. The van der Waals surface area contributed by atoms with Crippen molar-refractivity contribution >= 4 is 0 Å². The monoisotopic (exact) mass is 150 g/mol. The lowest BCUT2D eigenvalue weighted by Crippen LogP contribution is -1.78. The van der Waals surface area contributed by atoms with E-state index in [1.54, 1.807) is 6.20 Å². The highest BCUT2D eigenvalue weighted by Crippen LogP contribution is 2.05. The molecule has 0 spiro atoms. The average Bonchev–Trinajstić information content (AvgIpc) is 2.38. The largest absolute Gasteiger partial charge is 0.445 e. The predicted molar refractivity (Wildman–Crippen MR) is 39.8 cm³/mol. The summed E-state index contributed by atoms with van der Waals surface area (Å²) in [6.07, 6.45) is 3.90. The quantitative estimate of drug-likeness (QED) is 0.658. The molecule has 0 radical (unpaired) electrons. The zero-order valence-electron chi connectivity index (χ0n) is 6.50. The molecule has 11 heavy (non-hydrogen) atoms. The molecule has 0 aliphatic heterocycles. The van der Waals surface area contributed by atoms with Crippen LogP contribution in [0.2, 0.25) is 0 Å². The molecule has 0 fully saturated rings. The summed E-state index contributed by atoms with van der Waals surface area (Å²) in [4.78, 5) is 3.94. The molecule has 1 heterocycles. The Hall–Kier alpha value is -1.30. The Bertz CT molecular complexity index is 259. The number of hydrogen-bond donors (Lipinski definition) is 0. The van der Waals surface area contributed by atoms with Gasteiger partial charge >= 0.3 is 0 Å². The van der Waals surface area contributed by atoms with E-state index in [-0.39, 0.29) is 6.42 Å². The molecule has 58 valence electrons. The van der Waals surface area contributed by atoms with E-state index in [9.17, 15) is 0 Å². The van der Waals surface area contributed by atoms with E-state index in [4.69, 9.17) is 9.68 Å². The van der Waals surface area contributed by atoms with Crippen molar-refractivity contribution in [3.8, 4) is 6.07 Å². The fraction of sp³-hybridized carbons (Fsp3) is 0.500. The van der Waals surface area contributed by atoms with Crippen LogP contribution in [-0.4, -0.2) is 4.98 Å². The summed E-state index contributed by atoms with van der Waals surface area (Å²) < 4.78 is 5.23. The molecule has 0 N–H and O–H groups in total. The SMILES string of the molecule is CCCc1cnc(CC#N)o1. The molecule has 0 aromatic carbocycles. The summed E-state index contributed by atoms with van der Waals surface area (Å²) in [7, 11) is 0. The van der Waals surface area contributed by atoms with Crippen LogP contribution in [0, 0.1) is 11.3 Å². The van der Waals surface area contributed by atoms with Gasteiger partial charge in [0.05, 0.1) is 12.3 Å². The first-order valence-corrected chi connectivity index (χ1v) is 3.67. The maximum absolute atomic E-state index is 8.31. The Labute approximate surface area is 65.7 Å². The molecule has 0 unspecified atom stereocenters. The second kappa shape index (κ2) is 3.77. The molecule has 1 aromatic heterocycles. The van der Waals surface area contributed by atoms with Crippen LogP contribution >= 0.6 is 0 Å². The van der Waals surface area contributed by atoms with Crippen molar-refractivity contribution in [2.75, 3.05) is 0 Å². The van der Waals surface area contributed by atoms with Gasteiger partial charge in [0, 0.05) is 6.42 Å². The van der Waals surface area contributed by atoms with E-state index < -0.39 is 0 Å². The molecule has 0 bridgehead atoms. The Morgan fingerprint density at radius 2 is 2.55 bits per heavy atom. The van der Waals surface area contributed by atoms with Gasteiger partial charge in [-0.2, -0.15) is 5.26 Å². The van der Waals surface area contributed by atoms with Gasteiger partial charge in [-0.05, 0) is 6.42 Å². The smallest absolute Gasteiger partial charge is 0.208 e. The average molecular weight is 150 g/mol. The van der Waals surface area contributed by atoms with Crippen molar-refractivity contribution < 1.29 is 4.42 Å². The van der Waals surface area contributed by atoms with Gasteiger partial charge in [0.2, 0.25) is 5.89 Å². The van der Waals surface area contributed by atoms with Crippen LogP contribution in [0.1, 0.15) is 25.0 Å². The van der Waals surface area contributed by atoms with Crippen LogP contribution in [0.3, 0.4) is 0 Å². The van der Waals surface area contributed by atoms with Gasteiger partial charge in [0.15, 0.2) is 0 Å². The third kappa shape index (κ3) is 2.08. The summed E-state index contributed by atoms with van der Waals surface area (Å²) in [5.41, 5.74) is 0. The second-order valence-electron chi connectivity index (χ2n) is 2.31. The molecule has 0 amide bonds. The number of nitriles is 1. The standard InChI is InChI=1S/C8H10N2O/c1-2-3-7-6-10-8(11-7)4-5-9/h6H,2-4H2,1H3. The lowest BCUT2D eigenvalue weighted by molar-refractivity contribution is 0.464. The van der Waals surface area contributed by atoms with Gasteiger partial charge < -0.3 is 4.42 Å². The molecule has 0 aliphatic carbocycles. The zero-order valence-corrected chi connectivity index (χ0v) is 6.50. The molecule has 1 aromatic rings. The number of rotatable bonds is 3. The van der Waals surface area contributed by atoms with E-state index in [2.05, 4.69) is 11.9 Å². The van der Waals surface area contributed by atoms with Crippen LogP contribution in [0.5, 0.6) is 0 Å². The van der Waals surface area contributed by atoms with E-state index in [0.29, 0.717) is 5.89 Å². The highest BCUT2D eigenvalue weighted by molar-refractivity contribution is 4.98. The van der Waals surface area contributed by atoms with Crippen molar-refractivity contribution in [1.82, 2.24) is 4.98 Å². The summed E-state index contributed by atoms with van der Waals surface area (Å²) in [6, 6.07) is 1.98. The van der Waals surface area contributed by atoms with Crippen LogP contribution in [0.25, 0.3) is 0 Å². The summed E-state index contributed by atoms with van der Waals surface area (Å²) in [5.74, 6) is 1.40. The van der Waals surface area contributed by atoms with Gasteiger partial charge in [-0.25, -0.2) is 4.98 Å². The van der Waals surface area contributed by atoms with Gasteiger partial charge in [-0.1, -0.05) is 6.92 Å². The molecule has 1 rings (SSSR count). The number of oxazole rings is 1. The minimum absolute atomic E-state index is 0.268. The minimum atomic E-state index is 0.268. The molecule has 0 atom stereocenters. The predicted octanol–water partition coefficient (Wildman–Crippen LogP) is 1.69. The minimum Gasteiger partial charge on any atom is -0.445 e. The Morgan fingerprint density at radius 3 is 3.18 bits per heavy atom. The normalized spacial score (nSPS) is 9.45. The maximum Gasteiger partial charge on any atom is 0.208 e. The van der Waals surface area contributed by atoms with Gasteiger partial charge in [0.1, 0.15) is 12.2 Å². The van der Waals surface area contributed by atoms with Crippen LogP contribution in [0.4, 0.5) is 0 Å². The van der Waals surface area contributed by atoms with Crippen LogP contribution in [0.15, 0.2) is 10.6 Å². The zero-order chi connectivity index (χ0) is 8.10. The van der Waals surface area contributed by atoms with E-state index in [1.807, 2.05) is 6.07 Å². The highest BCUT2D eigenvalue weighted by atomic mass is 16.4. The maximum atomic E-state index is 8.31. The van der Waals surface area contributed by atoms with E-state index in [1.165, 1.54) is 0 Å². The molecular formula is C8H10N2O. The van der Waals surface area contributed by atoms with Crippen molar-refractivity contribution in [3.63, 3.8) is 0 Å². The third-order valence-corrected chi connectivity index (χ3v) is 1.33. The Kier molecular flexibility index (Phi) is 2.67. The number of aryl methyl sites for hydroxylation is 1. The Morgan fingerprint density at radius 1 is 1.73 bits per heavy atom. The first-order chi connectivity index (χ1) is 5.36. The molecule has 3 nitrogen and oxygen atoms in total. The summed E-state index contributed by atoms with van der Waals surface area (Å²) in [6.45, 7) is 2.08. The Balaban J connectivity index is 2.60. The molecular weight excluding hydrogens is 140 g/mol. The van der Waals surface area contributed by atoms with Gasteiger partial charge in [-0.15, -0.1) is 0 Å². The summed E-state index contributed by atoms with van der Waals surface area (Å²) in [5, 5.41) is 8.31. The lowest BCUT2D eigenvalue weighted by Gasteiger charge is -1.87. The summed E-state index contributed by atoms with van der Waals surface area (Å²) >= 11 is 0. The number of aromatic nitrogens is 1.